The second-order valence-corrected chi connectivity index (χ2v) is 4.76. The van der Waals surface area contributed by atoms with Crippen LogP contribution in [0.15, 0.2) is 54.6 Å². The zero-order valence-corrected chi connectivity index (χ0v) is 10.1. The molecule has 2 aromatic carbocycles. The summed E-state index contributed by atoms with van der Waals surface area (Å²) < 4.78 is 0. The molecule has 1 heterocycles. The summed E-state index contributed by atoms with van der Waals surface area (Å²) in [6.45, 7) is 3.26. The van der Waals surface area contributed by atoms with Crippen molar-refractivity contribution < 1.29 is 0 Å². The monoisotopic (exact) mass is 223 g/mol. The van der Waals surface area contributed by atoms with Gasteiger partial charge in [-0.3, -0.25) is 0 Å². The fraction of sp³-hybridized carbons (Fsp3) is 0.250. The molecule has 2 aromatic rings. The molecule has 1 heteroatoms. The van der Waals surface area contributed by atoms with Crippen LogP contribution in [0.4, 0.5) is 0 Å². The normalized spacial score (nSPS) is 23.1. The summed E-state index contributed by atoms with van der Waals surface area (Å²) >= 11 is 0. The van der Waals surface area contributed by atoms with Crippen molar-refractivity contribution in [3.05, 3.63) is 71.3 Å². The molecule has 0 fully saturated rings. The van der Waals surface area contributed by atoms with E-state index in [0.29, 0.717) is 12.0 Å². The second-order valence-electron chi connectivity index (χ2n) is 4.76. The Bertz CT molecular complexity index is 504. The zero-order valence-electron chi connectivity index (χ0n) is 10.1. The third kappa shape index (κ3) is 1.87. The second kappa shape index (κ2) is 4.34. The fourth-order valence-electron chi connectivity index (χ4n) is 2.79. The molecule has 1 N–H and O–H groups in total. The van der Waals surface area contributed by atoms with E-state index in [1.807, 2.05) is 0 Å². The van der Waals surface area contributed by atoms with Crippen LogP contribution in [-0.4, -0.2) is 6.04 Å². The Hall–Kier alpha value is -1.60. The first kappa shape index (κ1) is 10.5. The lowest BCUT2D eigenvalue weighted by Crippen LogP contribution is -2.37. The van der Waals surface area contributed by atoms with Gasteiger partial charge >= 0.3 is 0 Å². The van der Waals surface area contributed by atoms with Crippen LogP contribution in [0.25, 0.3) is 0 Å². The number of nitrogens with one attached hydrogen (secondary N) is 1. The minimum absolute atomic E-state index is 0.473. The average Bonchev–Trinajstić information content (AvgIpc) is 2.39. The number of rotatable bonds is 1. The first-order valence-corrected chi connectivity index (χ1v) is 6.22. The van der Waals surface area contributed by atoms with Gasteiger partial charge in [-0.15, -0.1) is 0 Å². The summed E-state index contributed by atoms with van der Waals surface area (Å²) in [5.41, 5.74) is 4.31. The molecule has 3 rings (SSSR count). The van der Waals surface area contributed by atoms with Gasteiger partial charge in [-0.05, 0) is 23.6 Å². The van der Waals surface area contributed by atoms with Crippen molar-refractivity contribution in [3.63, 3.8) is 0 Å². The van der Waals surface area contributed by atoms with E-state index in [0.717, 1.165) is 6.54 Å². The summed E-state index contributed by atoms with van der Waals surface area (Å²) in [5.74, 6) is 0.473. The van der Waals surface area contributed by atoms with Gasteiger partial charge in [-0.25, -0.2) is 0 Å². The van der Waals surface area contributed by atoms with E-state index >= 15 is 0 Å². The molecule has 0 aliphatic carbocycles. The average molecular weight is 223 g/mol. The fourth-order valence-corrected chi connectivity index (χ4v) is 2.79. The number of hydrogen-bond donors (Lipinski definition) is 1. The van der Waals surface area contributed by atoms with Crippen molar-refractivity contribution in [1.29, 1.82) is 0 Å². The molecule has 2 unspecified atom stereocenters. The standard InChI is InChI=1S/C16H17N/c1-12-16(13-7-3-2-4-8-13)15-10-6-5-9-14(15)11-17-12/h2-10,12,16-17H,11H2,1H3. The molecule has 2 atom stereocenters. The van der Waals surface area contributed by atoms with E-state index in [9.17, 15) is 0 Å². The Morgan fingerprint density at radius 3 is 2.47 bits per heavy atom. The van der Waals surface area contributed by atoms with E-state index in [-0.39, 0.29) is 0 Å². The quantitative estimate of drug-likeness (QED) is 0.782. The van der Waals surface area contributed by atoms with Crippen LogP contribution in [0, 0.1) is 0 Å². The van der Waals surface area contributed by atoms with Gasteiger partial charge in [0.05, 0.1) is 0 Å². The van der Waals surface area contributed by atoms with Crippen LogP contribution >= 0.6 is 0 Å². The predicted octanol–water partition coefficient (Wildman–Crippen LogP) is 3.31. The molecule has 0 saturated carbocycles. The van der Waals surface area contributed by atoms with Crippen LogP contribution in [0.2, 0.25) is 0 Å². The molecule has 1 aliphatic heterocycles. The first-order valence-electron chi connectivity index (χ1n) is 6.22. The van der Waals surface area contributed by atoms with Gasteiger partial charge in [-0.1, -0.05) is 54.6 Å². The van der Waals surface area contributed by atoms with Crippen molar-refractivity contribution in [2.24, 2.45) is 0 Å². The Morgan fingerprint density at radius 2 is 1.65 bits per heavy atom. The third-order valence-corrected chi connectivity index (χ3v) is 3.66. The maximum absolute atomic E-state index is 3.59. The van der Waals surface area contributed by atoms with Gasteiger partial charge in [0.25, 0.3) is 0 Å². The molecule has 0 spiro atoms. The molecule has 17 heavy (non-hydrogen) atoms. The highest BCUT2D eigenvalue weighted by Gasteiger charge is 2.26. The van der Waals surface area contributed by atoms with E-state index in [2.05, 4.69) is 66.8 Å². The number of benzene rings is 2. The molecule has 1 nitrogen and oxygen atoms in total. The smallest absolute Gasteiger partial charge is 0.0244 e. The summed E-state index contributed by atoms with van der Waals surface area (Å²) in [6.07, 6.45) is 0. The molecular weight excluding hydrogens is 206 g/mol. The van der Waals surface area contributed by atoms with E-state index in [4.69, 9.17) is 0 Å². The molecule has 86 valence electrons. The molecule has 0 aromatic heterocycles. The largest absolute Gasteiger partial charge is 0.309 e. The molecule has 0 amide bonds. The van der Waals surface area contributed by atoms with Gasteiger partial charge in [0.15, 0.2) is 0 Å². The molecule has 1 aliphatic rings. The highest BCUT2D eigenvalue weighted by molar-refractivity contribution is 5.41. The Labute approximate surface area is 102 Å². The number of fused-ring (bicyclic) bond motifs is 1. The van der Waals surface area contributed by atoms with Crippen molar-refractivity contribution in [2.45, 2.75) is 25.4 Å². The zero-order chi connectivity index (χ0) is 11.7. The van der Waals surface area contributed by atoms with Crippen LogP contribution in [0.1, 0.15) is 29.5 Å². The van der Waals surface area contributed by atoms with Crippen LogP contribution in [0.3, 0.4) is 0 Å². The summed E-state index contributed by atoms with van der Waals surface area (Å²) in [7, 11) is 0. The topological polar surface area (TPSA) is 12.0 Å². The van der Waals surface area contributed by atoms with Gasteiger partial charge < -0.3 is 5.32 Å². The number of hydrogen-bond acceptors (Lipinski definition) is 1. The van der Waals surface area contributed by atoms with Crippen molar-refractivity contribution >= 4 is 0 Å². The molecular formula is C16H17N. The predicted molar refractivity (Wildman–Crippen MR) is 71.0 cm³/mol. The molecule has 0 bridgehead atoms. The van der Waals surface area contributed by atoms with Crippen LogP contribution in [-0.2, 0) is 6.54 Å². The lowest BCUT2D eigenvalue weighted by Gasteiger charge is -2.32. The van der Waals surface area contributed by atoms with Crippen molar-refractivity contribution in [1.82, 2.24) is 5.32 Å². The van der Waals surface area contributed by atoms with Gasteiger partial charge in [0.2, 0.25) is 0 Å². The SMILES string of the molecule is CC1NCc2ccccc2C1c1ccccc1. The Morgan fingerprint density at radius 1 is 0.941 bits per heavy atom. The van der Waals surface area contributed by atoms with Gasteiger partial charge in [-0.2, -0.15) is 0 Å². The van der Waals surface area contributed by atoms with Gasteiger partial charge in [0.1, 0.15) is 0 Å². The van der Waals surface area contributed by atoms with E-state index in [1.54, 1.807) is 0 Å². The third-order valence-electron chi connectivity index (χ3n) is 3.66. The van der Waals surface area contributed by atoms with E-state index in [1.165, 1.54) is 16.7 Å². The maximum Gasteiger partial charge on any atom is 0.0244 e. The summed E-state index contributed by atoms with van der Waals surface area (Å²) in [4.78, 5) is 0. The first-order chi connectivity index (χ1) is 8.36. The minimum atomic E-state index is 0.473. The van der Waals surface area contributed by atoms with Crippen LogP contribution in [0.5, 0.6) is 0 Å². The lowest BCUT2D eigenvalue weighted by molar-refractivity contribution is 0.466. The van der Waals surface area contributed by atoms with Crippen LogP contribution < -0.4 is 5.32 Å². The Balaban J connectivity index is 2.10. The lowest BCUT2D eigenvalue weighted by atomic mass is 9.81. The maximum atomic E-state index is 3.59. The highest BCUT2D eigenvalue weighted by atomic mass is 14.9. The summed E-state index contributed by atoms with van der Waals surface area (Å²) in [6, 6.07) is 20.0. The summed E-state index contributed by atoms with van der Waals surface area (Å²) in [5, 5.41) is 3.59. The highest BCUT2D eigenvalue weighted by Crippen LogP contribution is 2.33. The van der Waals surface area contributed by atoms with E-state index < -0.39 is 0 Å². The Kier molecular flexibility index (Phi) is 2.69. The van der Waals surface area contributed by atoms with Crippen molar-refractivity contribution in [3.8, 4) is 0 Å². The van der Waals surface area contributed by atoms with Gasteiger partial charge in [0, 0.05) is 18.5 Å². The minimum Gasteiger partial charge on any atom is -0.309 e. The van der Waals surface area contributed by atoms with Crippen molar-refractivity contribution in [2.75, 3.05) is 0 Å². The molecule has 0 radical (unpaired) electrons. The molecule has 0 saturated heterocycles.